The van der Waals surface area contributed by atoms with Crippen LogP contribution in [0, 0.1) is 0 Å². The molecule has 0 bridgehead atoms. The van der Waals surface area contributed by atoms with Crippen molar-refractivity contribution < 1.29 is 0 Å². The Morgan fingerprint density at radius 1 is 1.50 bits per heavy atom. The van der Waals surface area contributed by atoms with Gasteiger partial charge in [-0.25, -0.2) is 0 Å². The molecule has 0 aliphatic carbocycles. The van der Waals surface area contributed by atoms with Gasteiger partial charge in [-0.2, -0.15) is 0 Å². The van der Waals surface area contributed by atoms with E-state index in [1.54, 1.807) is 12.4 Å². The van der Waals surface area contributed by atoms with Crippen LogP contribution in [-0.4, -0.2) is 4.98 Å². The third kappa shape index (κ3) is 3.28. The Labute approximate surface area is 90.5 Å². The van der Waals surface area contributed by atoms with Crippen molar-refractivity contribution in [3.8, 4) is 0 Å². The van der Waals surface area contributed by atoms with Gasteiger partial charge in [-0.1, -0.05) is 37.8 Å². The number of unbranched alkanes of at least 4 members (excludes halogenated alkanes) is 2. The Kier molecular flexibility index (Phi) is 4.91. The highest BCUT2D eigenvalue weighted by molar-refractivity contribution is 6.31. The zero-order valence-electron chi connectivity index (χ0n) is 8.54. The molecule has 0 spiro atoms. The maximum atomic E-state index is 6.02. The van der Waals surface area contributed by atoms with Gasteiger partial charge < -0.3 is 5.73 Å². The molecule has 0 aromatic carbocycles. The highest BCUT2D eigenvalue weighted by Gasteiger charge is 2.08. The molecule has 0 amide bonds. The number of pyridine rings is 1. The Morgan fingerprint density at radius 2 is 2.29 bits per heavy atom. The Bertz CT molecular complexity index is 276. The molecule has 0 aliphatic rings. The first-order chi connectivity index (χ1) is 6.75. The first-order valence-corrected chi connectivity index (χ1v) is 5.48. The molecule has 14 heavy (non-hydrogen) atoms. The number of hydrogen-bond donors (Lipinski definition) is 1. The molecule has 1 atom stereocenters. The number of halogens is 1. The molecule has 0 radical (unpaired) electrons. The molecular weight excluding hydrogens is 196 g/mol. The van der Waals surface area contributed by atoms with Crippen molar-refractivity contribution in [2.24, 2.45) is 5.73 Å². The van der Waals surface area contributed by atoms with Crippen LogP contribution < -0.4 is 5.73 Å². The van der Waals surface area contributed by atoms with E-state index in [0.717, 1.165) is 18.4 Å². The van der Waals surface area contributed by atoms with Gasteiger partial charge in [0.15, 0.2) is 0 Å². The average Bonchev–Trinajstić information content (AvgIpc) is 2.18. The zero-order chi connectivity index (χ0) is 10.4. The summed E-state index contributed by atoms with van der Waals surface area (Å²) in [7, 11) is 0. The van der Waals surface area contributed by atoms with Gasteiger partial charge in [0.05, 0.1) is 5.02 Å². The minimum Gasteiger partial charge on any atom is -0.324 e. The van der Waals surface area contributed by atoms with Crippen molar-refractivity contribution in [3.05, 3.63) is 29.0 Å². The van der Waals surface area contributed by atoms with E-state index in [-0.39, 0.29) is 6.04 Å². The van der Waals surface area contributed by atoms with E-state index in [9.17, 15) is 0 Å². The highest BCUT2D eigenvalue weighted by Crippen LogP contribution is 2.23. The van der Waals surface area contributed by atoms with Crippen LogP contribution in [0.25, 0.3) is 0 Å². The molecule has 0 fully saturated rings. The van der Waals surface area contributed by atoms with Crippen LogP contribution in [0.5, 0.6) is 0 Å². The minimum absolute atomic E-state index is 0.0528. The van der Waals surface area contributed by atoms with Crippen molar-refractivity contribution in [1.82, 2.24) is 4.98 Å². The van der Waals surface area contributed by atoms with Gasteiger partial charge in [0, 0.05) is 18.4 Å². The molecule has 2 nitrogen and oxygen atoms in total. The number of hydrogen-bond acceptors (Lipinski definition) is 2. The van der Waals surface area contributed by atoms with Crippen molar-refractivity contribution in [3.63, 3.8) is 0 Å². The molecule has 78 valence electrons. The maximum absolute atomic E-state index is 6.02. The summed E-state index contributed by atoms with van der Waals surface area (Å²) >= 11 is 5.99. The first kappa shape index (κ1) is 11.5. The summed E-state index contributed by atoms with van der Waals surface area (Å²) < 4.78 is 0. The van der Waals surface area contributed by atoms with Gasteiger partial charge in [0.1, 0.15) is 0 Å². The third-order valence-corrected chi connectivity index (χ3v) is 2.64. The topological polar surface area (TPSA) is 38.9 Å². The molecule has 1 heterocycles. The molecule has 1 rings (SSSR count). The monoisotopic (exact) mass is 212 g/mol. The fourth-order valence-electron chi connectivity index (χ4n) is 1.46. The van der Waals surface area contributed by atoms with E-state index in [2.05, 4.69) is 11.9 Å². The molecule has 1 aromatic rings. The summed E-state index contributed by atoms with van der Waals surface area (Å²) in [6.45, 7) is 2.19. The van der Waals surface area contributed by atoms with Gasteiger partial charge in [-0.15, -0.1) is 0 Å². The lowest BCUT2D eigenvalue weighted by Crippen LogP contribution is -2.10. The zero-order valence-corrected chi connectivity index (χ0v) is 9.30. The van der Waals surface area contributed by atoms with Gasteiger partial charge in [0.25, 0.3) is 0 Å². The maximum Gasteiger partial charge on any atom is 0.0637 e. The summed E-state index contributed by atoms with van der Waals surface area (Å²) in [6, 6.07) is 1.95. The standard InChI is InChI=1S/C11H17ClN2/c1-2-3-4-5-11(13)9-6-7-14-8-10(9)12/h6-8,11H,2-5,13H2,1H3. The van der Waals surface area contributed by atoms with Crippen molar-refractivity contribution in [2.45, 2.75) is 38.6 Å². The van der Waals surface area contributed by atoms with E-state index in [4.69, 9.17) is 17.3 Å². The van der Waals surface area contributed by atoms with Crippen LogP contribution in [0.15, 0.2) is 18.5 Å². The predicted octanol–water partition coefficient (Wildman–Crippen LogP) is 3.32. The van der Waals surface area contributed by atoms with Gasteiger partial charge >= 0.3 is 0 Å². The van der Waals surface area contributed by atoms with Crippen molar-refractivity contribution in [2.75, 3.05) is 0 Å². The number of nitrogens with zero attached hydrogens (tertiary/aromatic N) is 1. The molecule has 3 heteroatoms. The summed E-state index contributed by atoms with van der Waals surface area (Å²) in [4.78, 5) is 3.94. The first-order valence-electron chi connectivity index (χ1n) is 5.10. The van der Waals surface area contributed by atoms with E-state index in [0.29, 0.717) is 5.02 Å². The molecule has 1 aromatic heterocycles. The van der Waals surface area contributed by atoms with Gasteiger partial charge in [-0.05, 0) is 18.1 Å². The summed E-state index contributed by atoms with van der Waals surface area (Å²) in [6.07, 6.45) is 8.00. The summed E-state index contributed by atoms with van der Waals surface area (Å²) in [5, 5.41) is 0.677. The Morgan fingerprint density at radius 3 is 2.93 bits per heavy atom. The number of nitrogens with two attached hydrogens (primary N) is 1. The van der Waals surface area contributed by atoms with Crippen LogP contribution in [0.1, 0.15) is 44.2 Å². The van der Waals surface area contributed by atoms with Crippen LogP contribution in [-0.2, 0) is 0 Å². The quantitative estimate of drug-likeness (QED) is 0.761. The molecule has 0 saturated carbocycles. The largest absolute Gasteiger partial charge is 0.324 e. The van der Waals surface area contributed by atoms with Crippen molar-refractivity contribution in [1.29, 1.82) is 0 Å². The Balaban J connectivity index is 2.51. The smallest absolute Gasteiger partial charge is 0.0637 e. The Hall–Kier alpha value is -0.600. The fraction of sp³-hybridized carbons (Fsp3) is 0.545. The summed E-state index contributed by atoms with van der Waals surface area (Å²) in [5.74, 6) is 0. The number of aromatic nitrogens is 1. The van der Waals surface area contributed by atoms with Crippen LogP contribution >= 0.6 is 11.6 Å². The van der Waals surface area contributed by atoms with Crippen LogP contribution in [0.2, 0.25) is 5.02 Å². The normalized spacial score (nSPS) is 12.8. The molecule has 0 saturated heterocycles. The molecule has 0 aliphatic heterocycles. The SMILES string of the molecule is CCCCCC(N)c1ccncc1Cl. The van der Waals surface area contributed by atoms with E-state index in [1.807, 2.05) is 6.07 Å². The van der Waals surface area contributed by atoms with E-state index < -0.39 is 0 Å². The average molecular weight is 213 g/mol. The fourth-order valence-corrected chi connectivity index (χ4v) is 1.72. The highest BCUT2D eigenvalue weighted by atomic mass is 35.5. The summed E-state index contributed by atoms with van der Waals surface area (Å²) in [5.41, 5.74) is 7.04. The second-order valence-corrected chi connectivity index (χ2v) is 3.91. The second-order valence-electron chi connectivity index (χ2n) is 3.50. The molecular formula is C11H17ClN2. The predicted molar refractivity (Wildman–Crippen MR) is 60.3 cm³/mol. The lowest BCUT2D eigenvalue weighted by Gasteiger charge is -2.12. The minimum atomic E-state index is 0.0528. The van der Waals surface area contributed by atoms with Crippen molar-refractivity contribution >= 4 is 11.6 Å². The van der Waals surface area contributed by atoms with Crippen LogP contribution in [0.4, 0.5) is 0 Å². The lowest BCUT2D eigenvalue weighted by atomic mass is 10.0. The third-order valence-electron chi connectivity index (χ3n) is 2.32. The number of rotatable bonds is 5. The second kappa shape index (κ2) is 5.99. The van der Waals surface area contributed by atoms with Gasteiger partial charge in [-0.3, -0.25) is 4.98 Å². The lowest BCUT2D eigenvalue weighted by molar-refractivity contribution is 0.581. The van der Waals surface area contributed by atoms with Crippen LogP contribution in [0.3, 0.4) is 0 Å². The molecule has 2 N–H and O–H groups in total. The van der Waals surface area contributed by atoms with E-state index >= 15 is 0 Å². The van der Waals surface area contributed by atoms with Gasteiger partial charge in [0.2, 0.25) is 0 Å². The molecule has 1 unspecified atom stereocenters. The van der Waals surface area contributed by atoms with E-state index in [1.165, 1.54) is 12.8 Å².